The summed E-state index contributed by atoms with van der Waals surface area (Å²) in [5, 5.41) is 5.64. The molecule has 104 valence electrons. The Morgan fingerprint density at radius 3 is 2.68 bits per heavy atom. The summed E-state index contributed by atoms with van der Waals surface area (Å²) in [4.78, 5) is 11.8. The molecule has 0 spiro atoms. The van der Waals surface area contributed by atoms with Crippen LogP contribution in [0.15, 0.2) is 16.6 Å². The van der Waals surface area contributed by atoms with Crippen LogP contribution in [0, 0.1) is 17.6 Å². The van der Waals surface area contributed by atoms with E-state index < -0.39 is 11.6 Å². The van der Waals surface area contributed by atoms with Gasteiger partial charge in [0.05, 0.1) is 10.2 Å². The van der Waals surface area contributed by atoms with Crippen LogP contribution in [0.25, 0.3) is 0 Å². The zero-order valence-electron chi connectivity index (χ0n) is 10.3. The summed E-state index contributed by atoms with van der Waals surface area (Å²) in [6.45, 7) is 1.80. The van der Waals surface area contributed by atoms with Crippen molar-refractivity contribution in [2.24, 2.45) is 5.92 Å². The van der Waals surface area contributed by atoms with Crippen molar-refractivity contribution >= 4 is 27.5 Å². The van der Waals surface area contributed by atoms with Gasteiger partial charge >= 0.3 is 0 Å². The number of carbonyl (C=O) groups excluding carboxylic acids is 1. The van der Waals surface area contributed by atoms with E-state index in [1.54, 1.807) is 0 Å². The minimum Gasteiger partial charge on any atom is -0.324 e. The van der Waals surface area contributed by atoms with Gasteiger partial charge in [-0.05, 0) is 53.8 Å². The van der Waals surface area contributed by atoms with Crippen molar-refractivity contribution in [3.8, 4) is 0 Å². The summed E-state index contributed by atoms with van der Waals surface area (Å²) in [5.74, 6) is -1.21. The third-order valence-electron chi connectivity index (χ3n) is 3.22. The molecule has 0 unspecified atom stereocenters. The topological polar surface area (TPSA) is 41.1 Å². The molecule has 3 nitrogen and oxygen atoms in total. The zero-order valence-corrected chi connectivity index (χ0v) is 11.9. The number of amides is 1. The monoisotopic (exact) mass is 332 g/mol. The van der Waals surface area contributed by atoms with Crippen molar-refractivity contribution in [2.75, 3.05) is 18.4 Å². The molecule has 2 rings (SSSR count). The fourth-order valence-corrected chi connectivity index (χ4v) is 2.48. The summed E-state index contributed by atoms with van der Waals surface area (Å²) >= 11 is 2.89. The minimum atomic E-state index is -0.646. The molecule has 0 aliphatic carbocycles. The van der Waals surface area contributed by atoms with Gasteiger partial charge in [-0.1, -0.05) is 0 Å². The lowest BCUT2D eigenvalue weighted by molar-refractivity contribution is -0.117. The van der Waals surface area contributed by atoms with Crippen molar-refractivity contribution in [2.45, 2.75) is 19.3 Å². The Morgan fingerprint density at radius 2 is 2.00 bits per heavy atom. The molecule has 19 heavy (non-hydrogen) atoms. The van der Waals surface area contributed by atoms with Gasteiger partial charge < -0.3 is 10.6 Å². The average molecular weight is 333 g/mol. The molecule has 1 aliphatic heterocycles. The quantitative estimate of drug-likeness (QED) is 0.835. The number of hydrogen-bond donors (Lipinski definition) is 2. The molecule has 0 radical (unpaired) electrons. The van der Waals surface area contributed by atoms with E-state index in [9.17, 15) is 13.6 Å². The lowest BCUT2D eigenvalue weighted by Crippen LogP contribution is -2.30. The Labute approximate surface area is 118 Å². The predicted molar refractivity (Wildman–Crippen MR) is 72.9 cm³/mol. The van der Waals surface area contributed by atoms with Crippen LogP contribution < -0.4 is 10.6 Å². The van der Waals surface area contributed by atoms with Crippen LogP contribution >= 0.6 is 15.9 Å². The summed E-state index contributed by atoms with van der Waals surface area (Å²) < 4.78 is 26.9. The fraction of sp³-hybridized carbons (Fsp3) is 0.462. The van der Waals surface area contributed by atoms with E-state index in [2.05, 4.69) is 26.6 Å². The highest BCUT2D eigenvalue weighted by Crippen LogP contribution is 2.24. The second-order valence-corrected chi connectivity index (χ2v) is 5.55. The molecule has 2 N–H and O–H groups in total. The van der Waals surface area contributed by atoms with Crippen molar-refractivity contribution in [1.29, 1.82) is 0 Å². The Morgan fingerprint density at radius 1 is 1.32 bits per heavy atom. The normalized spacial score (nSPS) is 16.4. The van der Waals surface area contributed by atoms with Crippen LogP contribution in [0.5, 0.6) is 0 Å². The second kappa shape index (κ2) is 6.43. The first-order valence-corrected chi connectivity index (χ1v) is 7.00. The van der Waals surface area contributed by atoms with E-state index in [4.69, 9.17) is 0 Å². The number of rotatable bonds is 3. The van der Waals surface area contributed by atoms with Crippen molar-refractivity contribution in [1.82, 2.24) is 5.32 Å². The van der Waals surface area contributed by atoms with Gasteiger partial charge in [-0.3, -0.25) is 4.79 Å². The number of anilines is 1. The number of halogens is 3. The van der Waals surface area contributed by atoms with E-state index in [1.165, 1.54) is 0 Å². The van der Waals surface area contributed by atoms with Crippen molar-refractivity contribution in [3.63, 3.8) is 0 Å². The first kappa shape index (κ1) is 14.4. The smallest absolute Gasteiger partial charge is 0.224 e. The minimum absolute atomic E-state index is 0.0429. The van der Waals surface area contributed by atoms with Gasteiger partial charge in [0.2, 0.25) is 5.91 Å². The molecule has 0 aromatic heterocycles. The molecule has 1 aromatic rings. The molecule has 1 aliphatic rings. The molecule has 1 heterocycles. The van der Waals surface area contributed by atoms with Crippen LogP contribution in [0.3, 0.4) is 0 Å². The van der Waals surface area contributed by atoms with Crippen molar-refractivity contribution < 1.29 is 13.6 Å². The summed E-state index contributed by atoms with van der Waals surface area (Å²) in [6.07, 6.45) is 2.22. The maximum atomic E-state index is 13.5. The fourth-order valence-electron chi connectivity index (χ4n) is 2.17. The number of piperidine rings is 1. The largest absolute Gasteiger partial charge is 0.324 e. The molecule has 1 fully saturated rings. The number of benzene rings is 1. The molecule has 0 bridgehead atoms. The Hall–Kier alpha value is -1.01. The van der Waals surface area contributed by atoms with E-state index in [0.29, 0.717) is 12.3 Å². The van der Waals surface area contributed by atoms with Crippen LogP contribution in [0.2, 0.25) is 0 Å². The van der Waals surface area contributed by atoms with Gasteiger partial charge in [-0.25, -0.2) is 8.78 Å². The standard InChI is InChI=1S/C13H15BrF2N2O/c14-9-6-11(16)12(7-10(9)15)18-13(19)5-8-1-3-17-4-2-8/h6-8,17H,1-5H2,(H,18,19). The molecule has 0 saturated carbocycles. The molecule has 0 atom stereocenters. The number of carbonyl (C=O) groups is 1. The average Bonchev–Trinajstić information content (AvgIpc) is 2.37. The Balaban J connectivity index is 1.96. The summed E-state index contributed by atoms with van der Waals surface area (Å²) in [6, 6.07) is 2.00. The van der Waals surface area contributed by atoms with Gasteiger partial charge in [0.15, 0.2) is 0 Å². The maximum Gasteiger partial charge on any atom is 0.224 e. The van der Waals surface area contributed by atoms with Gasteiger partial charge in [-0.15, -0.1) is 0 Å². The van der Waals surface area contributed by atoms with Crippen LogP contribution in [-0.2, 0) is 4.79 Å². The van der Waals surface area contributed by atoms with E-state index >= 15 is 0 Å². The highest BCUT2D eigenvalue weighted by Gasteiger charge is 2.18. The molecule has 1 aromatic carbocycles. The van der Waals surface area contributed by atoms with E-state index in [-0.39, 0.29) is 16.1 Å². The first-order chi connectivity index (χ1) is 9.06. The lowest BCUT2D eigenvalue weighted by atomic mass is 9.94. The van der Waals surface area contributed by atoms with Crippen LogP contribution in [-0.4, -0.2) is 19.0 Å². The lowest BCUT2D eigenvalue weighted by Gasteiger charge is -2.22. The summed E-state index contributed by atoms with van der Waals surface area (Å²) in [5.41, 5.74) is -0.111. The highest BCUT2D eigenvalue weighted by molar-refractivity contribution is 9.10. The Kier molecular flexibility index (Phi) is 4.87. The first-order valence-electron chi connectivity index (χ1n) is 6.21. The SMILES string of the molecule is O=C(CC1CCNCC1)Nc1cc(F)c(Br)cc1F. The molecule has 6 heteroatoms. The maximum absolute atomic E-state index is 13.5. The van der Waals surface area contributed by atoms with Gasteiger partial charge in [0, 0.05) is 12.5 Å². The van der Waals surface area contributed by atoms with Gasteiger partial charge in [0.25, 0.3) is 0 Å². The predicted octanol–water partition coefficient (Wildman–Crippen LogP) is 3.06. The van der Waals surface area contributed by atoms with Crippen LogP contribution in [0.1, 0.15) is 19.3 Å². The highest BCUT2D eigenvalue weighted by atomic mass is 79.9. The van der Waals surface area contributed by atoms with E-state index in [1.807, 2.05) is 0 Å². The molecule has 1 amide bonds. The van der Waals surface area contributed by atoms with Gasteiger partial charge in [0.1, 0.15) is 11.6 Å². The van der Waals surface area contributed by atoms with Crippen molar-refractivity contribution in [3.05, 3.63) is 28.2 Å². The number of nitrogens with one attached hydrogen (secondary N) is 2. The van der Waals surface area contributed by atoms with Crippen LogP contribution in [0.4, 0.5) is 14.5 Å². The Bertz CT molecular complexity index is 476. The molecular weight excluding hydrogens is 318 g/mol. The third-order valence-corrected chi connectivity index (χ3v) is 3.82. The zero-order chi connectivity index (χ0) is 13.8. The van der Waals surface area contributed by atoms with E-state index in [0.717, 1.165) is 38.1 Å². The third kappa shape index (κ3) is 3.98. The van der Waals surface area contributed by atoms with Gasteiger partial charge in [-0.2, -0.15) is 0 Å². The summed E-state index contributed by atoms with van der Waals surface area (Å²) in [7, 11) is 0. The molecule has 1 saturated heterocycles. The second-order valence-electron chi connectivity index (χ2n) is 4.69. The molecular formula is C13H15BrF2N2O. The number of hydrogen-bond acceptors (Lipinski definition) is 2.